The number of aromatic nitrogens is 1. The van der Waals surface area contributed by atoms with Crippen LogP contribution in [0, 0.1) is 0 Å². The monoisotopic (exact) mass is 895 g/mol. The molecule has 2 aromatic heterocycles. The molecule has 0 unspecified atom stereocenters. The summed E-state index contributed by atoms with van der Waals surface area (Å²) in [5.41, 5.74) is 19.5. The van der Waals surface area contributed by atoms with Crippen molar-refractivity contribution in [3.8, 4) is 33.4 Å². The zero-order valence-electron chi connectivity index (χ0n) is 40.9. The van der Waals surface area contributed by atoms with Crippen LogP contribution in [-0.2, 0) is 5.41 Å². The van der Waals surface area contributed by atoms with Crippen molar-refractivity contribution in [2.45, 2.75) is 19.3 Å². The van der Waals surface area contributed by atoms with Crippen LogP contribution in [0.1, 0.15) is 27.7 Å². The normalized spacial score (nSPS) is 13.2. The first kappa shape index (κ1) is 38.1. The smallest absolute Gasteiger partial charge is 0.0641 e. The van der Waals surface area contributed by atoms with E-state index < -0.39 is 0 Å². The van der Waals surface area contributed by atoms with Gasteiger partial charge in [0.2, 0.25) is 0 Å². The lowest BCUT2D eigenvalue weighted by molar-refractivity contribution is 0.661. The summed E-state index contributed by atoms with van der Waals surface area (Å²) in [6.45, 7) is 4.74. The lowest BCUT2D eigenvalue weighted by atomic mass is 9.81. The third-order valence-corrected chi connectivity index (χ3v) is 14.9. The van der Waals surface area contributed by atoms with E-state index in [1.165, 1.54) is 93.4 Å². The lowest BCUT2D eigenvalue weighted by Gasteiger charge is -2.28. The highest BCUT2D eigenvalue weighted by atomic mass is 15.2. The molecule has 3 nitrogen and oxygen atoms in total. The first-order valence-electron chi connectivity index (χ1n) is 25.2. The number of rotatable bonds is 8. The summed E-state index contributed by atoms with van der Waals surface area (Å²) < 4.78 is 19.1. The molecule has 1 aliphatic carbocycles. The molecule has 0 atom stereocenters. The van der Waals surface area contributed by atoms with Gasteiger partial charge in [-0.3, -0.25) is 0 Å². The van der Waals surface area contributed by atoms with Gasteiger partial charge in [0.25, 0.3) is 0 Å². The topological polar surface area (TPSA) is 10.9 Å². The Morgan fingerprint density at radius 2 is 0.900 bits per heavy atom. The number of anilines is 6. The van der Waals surface area contributed by atoms with Gasteiger partial charge in [-0.05, 0) is 152 Å². The standard InChI is InChI=1S/C67H47N3/c1-67(2)60-41-49-42-64-59(40-48(49)39-58(60)55-36-35-54(43-61(55)67)68(50-21-11-5-12-22-50)52-31-27-46(28-32-52)44-17-7-3-8-18-44)56-37-38-63(65-57-25-15-16-26-62(57)70(64)66(56)65)69(51-23-13-6-14-24-51)53-33-29-47(30-34-53)45-19-9-4-10-20-45/h3-43H,1-2H3/i5D,6D. The minimum Gasteiger partial charge on any atom is -0.310 e. The van der Waals surface area contributed by atoms with Crippen molar-refractivity contribution in [1.29, 1.82) is 0 Å². The first-order chi connectivity index (χ1) is 35.3. The molecule has 0 saturated carbocycles. The van der Waals surface area contributed by atoms with Crippen LogP contribution in [0.4, 0.5) is 34.1 Å². The number of fused-ring (bicyclic) bond motifs is 10. The van der Waals surface area contributed by atoms with E-state index in [0.29, 0.717) is 12.1 Å². The van der Waals surface area contributed by atoms with Crippen LogP contribution in [0.25, 0.3) is 82.2 Å². The van der Waals surface area contributed by atoms with Crippen molar-refractivity contribution >= 4 is 83.0 Å². The maximum Gasteiger partial charge on any atom is 0.0641 e. The summed E-state index contributed by atoms with van der Waals surface area (Å²) in [6, 6.07) is 85.5. The Morgan fingerprint density at radius 3 is 1.56 bits per heavy atom. The number of hydrogen-bond acceptors (Lipinski definition) is 2. The van der Waals surface area contributed by atoms with E-state index in [2.05, 4.69) is 228 Å². The predicted octanol–water partition coefficient (Wildman–Crippen LogP) is 18.6. The minimum absolute atomic E-state index is 0.270. The number of para-hydroxylation sites is 3. The highest BCUT2D eigenvalue weighted by Gasteiger charge is 2.37. The van der Waals surface area contributed by atoms with Gasteiger partial charge in [-0.1, -0.05) is 165 Å². The summed E-state index contributed by atoms with van der Waals surface area (Å²) >= 11 is 0. The van der Waals surface area contributed by atoms with E-state index in [1.54, 1.807) is 0 Å². The molecule has 1 aliphatic rings. The molecule has 0 fully saturated rings. The van der Waals surface area contributed by atoms with Gasteiger partial charge in [0.1, 0.15) is 0 Å². The molecule has 13 aromatic rings. The molecule has 0 spiro atoms. The Morgan fingerprint density at radius 1 is 0.371 bits per heavy atom. The maximum atomic E-state index is 8.37. The van der Waals surface area contributed by atoms with Gasteiger partial charge in [-0.25, -0.2) is 0 Å². The minimum atomic E-state index is -0.270. The molecule has 3 heteroatoms. The van der Waals surface area contributed by atoms with Crippen molar-refractivity contribution in [3.05, 3.63) is 260 Å². The largest absolute Gasteiger partial charge is 0.310 e. The Labute approximate surface area is 410 Å². The van der Waals surface area contributed by atoms with Gasteiger partial charge in [-0.15, -0.1) is 0 Å². The molecule has 14 rings (SSSR count). The van der Waals surface area contributed by atoms with E-state index in [-0.39, 0.29) is 5.41 Å². The van der Waals surface area contributed by atoms with Gasteiger partial charge >= 0.3 is 0 Å². The Balaban J connectivity index is 0.910. The van der Waals surface area contributed by atoms with Gasteiger partial charge < -0.3 is 14.2 Å². The molecule has 0 saturated heterocycles. The second kappa shape index (κ2) is 15.6. The molecular formula is C67H47N3. The molecular weight excluding hydrogens is 847 g/mol. The Kier molecular flexibility index (Phi) is 8.47. The molecule has 0 aliphatic heterocycles. The molecule has 2 heterocycles. The fraction of sp³-hybridized carbons (Fsp3) is 0.0448. The fourth-order valence-electron chi connectivity index (χ4n) is 11.6. The molecule has 0 N–H and O–H groups in total. The van der Waals surface area contributed by atoms with Crippen LogP contribution in [0.2, 0.25) is 0 Å². The van der Waals surface area contributed by atoms with Gasteiger partial charge in [-0.2, -0.15) is 0 Å². The van der Waals surface area contributed by atoms with Crippen molar-refractivity contribution in [2.75, 3.05) is 9.80 Å². The zero-order chi connectivity index (χ0) is 48.2. The third kappa shape index (κ3) is 6.15. The highest BCUT2D eigenvalue weighted by molar-refractivity contribution is 6.28. The van der Waals surface area contributed by atoms with Crippen molar-refractivity contribution in [2.24, 2.45) is 0 Å². The van der Waals surface area contributed by atoms with Crippen LogP contribution < -0.4 is 9.80 Å². The summed E-state index contributed by atoms with van der Waals surface area (Å²) in [6.07, 6.45) is 0. The van der Waals surface area contributed by atoms with E-state index in [0.717, 1.165) is 34.1 Å². The number of nitrogens with zero attached hydrogens (tertiary/aromatic N) is 3. The van der Waals surface area contributed by atoms with Crippen LogP contribution in [0.5, 0.6) is 0 Å². The summed E-state index contributed by atoms with van der Waals surface area (Å²) in [5, 5.41) is 7.31. The zero-order valence-corrected chi connectivity index (χ0v) is 38.9. The highest BCUT2D eigenvalue weighted by Crippen LogP contribution is 2.53. The Hall–Kier alpha value is -8.92. The Bertz CT molecular complexity index is 4220. The second-order valence-electron chi connectivity index (χ2n) is 19.2. The first-order valence-corrected chi connectivity index (χ1v) is 24.2. The summed E-state index contributed by atoms with van der Waals surface area (Å²) in [5.74, 6) is 0. The summed E-state index contributed by atoms with van der Waals surface area (Å²) in [7, 11) is 0. The molecule has 0 bridgehead atoms. The molecule has 330 valence electrons. The van der Waals surface area contributed by atoms with Crippen LogP contribution >= 0.6 is 0 Å². The quantitative estimate of drug-likeness (QED) is 0.150. The van der Waals surface area contributed by atoms with E-state index >= 15 is 0 Å². The SMILES string of the molecule is [2H]c1ccc(N(c2ccc(-c3ccccc3)cc2)c2ccc3c(c2)C(C)(C)c2cc4cc5c(cc4cc2-3)c2ccc(N(c3ccc([2H])cc3)c3ccc(-c4ccccc4)cc3)c3c4ccccc4n5c23)cc1. The van der Waals surface area contributed by atoms with Crippen molar-refractivity contribution in [3.63, 3.8) is 0 Å². The van der Waals surface area contributed by atoms with E-state index in [4.69, 9.17) is 2.74 Å². The summed E-state index contributed by atoms with van der Waals surface area (Å²) in [4.78, 5) is 4.67. The molecule has 0 radical (unpaired) electrons. The van der Waals surface area contributed by atoms with Gasteiger partial charge in [0, 0.05) is 55.4 Å². The molecule has 70 heavy (non-hydrogen) atoms. The van der Waals surface area contributed by atoms with Gasteiger partial charge in [0.15, 0.2) is 0 Å². The predicted molar refractivity (Wildman–Crippen MR) is 296 cm³/mol. The third-order valence-electron chi connectivity index (χ3n) is 14.9. The van der Waals surface area contributed by atoms with Crippen molar-refractivity contribution in [1.82, 2.24) is 4.40 Å². The van der Waals surface area contributed by atoms with Crippen LogP contribution in [-0.4, -0.2) is 4.40 Å². The van der Waals surface area contributed by atoms with E-state index in [9.17, 15) is 0 Å². The van der Waals surface area contributed by atoms with Crippen LogP contribution in [0.15, 0.2) is 249 Å². The van der Waals surface area contributed by atoms with Gasteiger partial charge in [0.05, 0.1) is 25.0 Å². The fourth-order valence-corrected chi connectivity index (χ4v) is 11.6. The molecule has 0 amide bonds. The second-order valence-corrected chi connectivity index (χ2v) is 19.2. The number of hydrogen-bond donors (Lipinski definition) is 0. The number of benzene rings is 11. The average Bonchev–Trinajstić information content (AvgIpc) is 4.02. The van der Waals surface area contributed by atoms with Crippen molar-refractivity contribution < 1.29 is 2.74 Å². The maximum absolute atomic E-state index is 8.37. The molecule has 11 aromatic carbocycles. The van der Waals surface area contributed by atoms with E-state index in [1.807, 2.05) is 36.4 Å². The van der Waals surface area contributed by atoms with Crippen LogP contribution in [0.3, 0.4) is 0 Å². The lowest BCUT2D eigenvalue weighted by Crippen LogP contribution is -2.16. The average molecular weight is 896 g/mol.